The van der Waals surface area contributed by atoms with Gasteiger partial charge < -0.3 is 9.13 Å². The molecule has 11 rings (SSSR count). The molecular weight excluding hydrogens is 597 g/mol. The van der Waals surface area contributed by atoms with E-state index in [1.807, 2.05) is 22.7 Å². The van der Waals surface area contributed by atoms with Crippen molar-refractivity contribution in [1.29, 1.82) is 0 Å². The molecule has 11 aromatic rings. The van der Waals surface area contributed by atoms with Crippen LogP contribution in [0, 0.1) is 0 Å². The topological polar surface area (TPSA) is 9.86 Å². The van der Waals surface area contributed by atoms with Gasteiger partial charge in [-0.15, -0.1) is 22.7 Å². The van der Waals surface area contributed by atoms with Gasteiger partial charge in [0.2, 0.25) is 0 Å². The standard InChI is InChI=1S/C42H24N2S2/c1-5-13-35-27(9-1)28-10-2-6-14-36(28)43(35)25-17-21-39-33(23-25)31-19-20-32-34-24-26(18-22-40(34)46-42(32)41(31)45-39)44-37-15-7-3-11-29(37)30-12-4-8-16-38(30)44/h1-24H. The molecule has 0 unspecified atom stereocenters. The quantitative estimate of drug-likeness (QED) is 0.182. The zero-order valence-electron chi connectivity index (χ0n) is 24.6. The van der Waals surface area contributed by atoms with E-state index in [1.165, 1.54) is 95.3 Å². The highest BCUT2D eigenvalue weighted by molar-refractivity contribution is 7.33. The molecule has 4 heteroatoms. The number of fused-ring (bicyclic) bond motifs is 13. The fraction of sp³-hybridized carbons (Fsp3) is 0. The third-order valence-electron chi connectivity index (χ3n) is 9.72. The Morgan fingerprint density at radius 1 is 0.304 bits per heavy atom. The molecule has 0 spiro atoms. The summed E-state index contributed by atoms with van der Waals surface area (Å²) in [5.74, 6) is 0. The number of hydrogen-bond donors (Lipinski definition) is 0. The Bertz CT molecular complexity index is 2730. The summed E-state index contributed by atoms with van der Waals surface area (Å²) in [6, 6.07) is 53.7. The minimum atomic E-state index is 1.21. The van der Waals surface area contributed by atoms with Crippen molar-refractivity contribution < 1.29 is 0 Å². The molecule has 0 atom stereocenters. The lowest BCUT2D eigenvalue weighted by Gasteiger charge is -2.08. The van der Waals surface area contributed by atoms with Crippen LogP contribution in [-0.4, -0.2) is 9.13 Å². The van der Waals surface area contributed by atoms with Crippen molar-refractivity contribution >= 4 is 107 Å². The summed E-state index contributed by atoms with van der Waals surface area (Å²) in [4.78, 5) is 0. The second-order valence-electron chi connectivity index (χ2n) is 12.1. The van der Waals surface area contributed by atoms with E-state index >= 15 is 0 Å². The van der Waals surface area contributed by atoms with Gasteiger partial charge in [-0.3, -0.25) is 0 Å². The van der Waals surface area contributed by atoms with Crippen LogP contribution in [0.2, 0.25) is 0 Å². The first-order valence-electron chi connectivity index (χ1n) is 15.6. The molecule has 46 heavy (non-hydrogen) atoms. The van der Waals surface area contributed by atoms with Gasteiger partial charge in [0.15, 0.2) is 0 Å². The summed E-state index contributed by atoms with van der Waals surface area (Å²) in [6.07, 6.45) is 0. The largest absolute Gasteiger partial charge is 0.309 e. The van der Waals surface area contributed by atoms with Gasteiger partial charge in [-0.05, 0) is 60.7 Å². The van der Waals surface area contributed by atoms with Crippen molar-refractivity contribution in [2.45, 2.75) is 0 Å². The van der Waals surface area contributed by atoms with Gasteiger partial charge in [0, 0.05) is 63.9 Å². The molecule has 0 aliphatic heterocycles. The zero-order valence-corrected chi connectivity index (χ0v) is 26.2. The van der Waals surface area contributed by atoms with E-state index in [0.29, 0.717) is 0 Å². The van der Waals surface area contributed by atoms with Crippen LogP contribution in [0.25, 0.3) is 95.3 Å². The number of nitrogens with zero attached hydrogens (tertiary/aromatic N) is 2. The first-order valence-corrected chi connectivity index (χ1v) is 17.2. The molecule has 2 nitrogen and oxygen atoms in total. The highest BCUT2D eigenvalue weighted by Crippen LogP contribution is 2.46. The Balaban J connectivity index is 1.13. The summed E-state index contributed by atoms with van der Waals surface area (Å²) in [6.45, 7) is 0. The molecule has 214 valence electrons. The molecule has 0 fully saturated rings. The second-order valence-corrected chi connectivity index (χ2v) is 14.2. The van der Waals surface area contributed by atoms with Gasteiger partial charge in [-0.2, -0.15) is 0 Å². The molecular formula is C42H24N2S2. The van der Waals surface area contributed by atoms with Crippen LogP contribution in [0.15, 0.2) is 146 Å². The maximum Gasteiger partial charge on any atom is 0.0541 e. The Morgan fingerprint density at radius 2 is 0.652 bits per heavy atom. The molecule has 0 saturated heterocycles. The van der Waals surface area contributed by atoms with Crippen molar-refractivity contribution in [2.24, 2.45) is 0 Å². The summed E-state index contributed by atoms with van der Waals surface area (Å²) < 4.78 is 10.3. The number of aromatic nitrogens is 2. The van der Waals surface area contributed by atoms with Crippen molar-refractivity contribution in [3.8, 4) is 11.4 Å². The molecule has 4 heterocycles. The predicted octanol–water partition coefficient (Wildman–Crippen LogP) is 12.6. The van der Waals surface area contributed by atoms with Gasteiger partial charge in [-0.1, -0.05) is 84.9 Å². The maximum atomic E-state index is 2.42. The molecule has 0 N–H and O–H groups in total. The number of thiophene rings is 2. The lowest BCUT2D eigenvalue weighted by Crippen LogP contribution is -1.93. The molecule has 0 amide bonds. The Hall–Kier alpha value is -5.42. The molecule has 0 aliphatic rings. The number of rotatable bonds is 2. The van der Waals surface area contributed by atoms with Crippen molar-refractivity contribution in [2.75, 3.05) is 0 Å². The van der Waals surface area contributed by atoms with Gasteiger partial charge in [0.1, 0.15) is 0 Å². The fourth-order valence-corrected chi connectivity index (χ4v) is 10.2. The van der Waals surface area contributed by atoms with E-state index in [-0.39, 0.29) is 0 Å². The van der Waals surface area contributed by atoms with E-state index in [0.717, 1.165) is 0 Å². The van der Waals surface area contributed by atoms with Gasteiger partial charge in [-0.25, -0.2) is 0 Å². The van der Waals surface area contributed by atoms with Crippen LogP contribution < -0.4 is 0 Å². The Morgan fingerprint density at radius 3 is 1.02 bits per heavy atom. The third kappa shape index (κ3) is 3.24. The maximum absolute atomic E-state index is 2.42. The van der Waals surface area contributed by atoms with Gasteiger partial charge in [0.05, 0.1) is 31.5 Å². The zero-order chi connectivity index (χ0) is 29.9. The van der Waals surface area contributed by atoms with Crippen molar-refractivity contribution in [3.05, 3.63) is 146 Å². The number of benzene rings is 7. The number of hydrogen-bond acceptors (Lipinski definition) is 2. The smallest absolute Gasteiger partial charge is 0.0541 e. The minimum Gasteiger partial charge on any atom is -0.309 e. The Kier molecular flexibility index (Phi) is 4.90. The van der Waals surface area contributed by atoms with Crippen LogP contribution in [0.3, 0.4) is 0 Å². The van der Waals surface area contributed by atoms with Gasteiger partial charge in [0.25, 0.3) is 0 Å². The second kappa shape index (κ2) is 9.07. The third-order valence-corrected chi connectivity index (χ3v) is 12.3. The normalized spacial score (nSPS) is 12.3. The molecule has 4 aromatic heterocycles. The SMILES string of the molecule is c1ccc2c(c1)c1ccccc1n2-c1ccc2sc3c(ccc4c5cc(-n6c7ccccc7c7ccccc76)ccc5sc43)c2c1. The van der Waals surface area contributed by atoms with Crippen LogP contribution in [0.1, 0.15) is 0 Å². The van der Waals surface area contributed by atoms with E-state index < -0.39 is 0 Å². The summed E-state index contributed by atoms with van der Waals surface area (Å²) >= 11 is 3.84. The highest BCUT2D eigenvalue weighted by Gasteiger charge is 2.17. The van der Waals surface area contributed by atoms with Crippen molar-refractivity contribution in [1.82, 2.24) is 9.13 Å². The molecule has 0 aliphatic carbocycles. The van der Waals surface area contributed by atoms with Crippen molar-refractivity contribution in [3.63, 3.8) is 0 Å². The van der Waals surface area contributed by atoms with Crippen LogP contribution >= 0.6 is 22.7 Å². The van der Waals surface area contributed by atoms with E-state index in [4.69, 9.17) is 0 Å². The molecule has 0 saturated carbocycles. The van der Waals surface area contributed by atoms with Gasteiger partial charge >= 0.3 is 0 Å². The van der Waals surface area contributed by atoms with Crippen LogP contribution in [0.5, 0.6) is 0 Å². The first kappa shape index (κ1) is 24.8. The lowest BCUT2D eigenvalue weighted by molar-refractivity contribution is 1.19. The first-order chi connectivity index (χ1) is 22.8. The molecule has 0 radical (unpaired) electrons. The summed E-state index contributed by atoms with van der Waals surface area (Å²) in [5, 5.41) is 10.5. The van der Waals surface area contributed by atoms with E-state index in [9.17, 15) is 0 Å². The average molecular weight is 621 g/mol. The van der Waals surface area contributed by atoms with E-state index in [2.05, 4.69) is 155 Å². The average Bonchev–Trinajstić information content (AvgIpc) is 3.85. The predicted molar refractivity (Wildman–Crippen MR) is 201 cm³/mol. The highest BCUT2D eigenvalue weighted by atomic mass is 32.1. The summed E-state index contributed by atoms with van der Waals surface area (Å²) in [7, 11) is 0. The van der Waals surface area contributed by atoms with Crippen LogP contribution in [-0.2, 0) is 0 Å². The monoisotopic (exact) mass is 620 g/mol. The Labute approximate surface area is 271 Å². The van der Waals surface area contributed by atoms with Crippen LogP contribution in [0.4, 0.5) is 0 Å². The summed E-state index contributed by atoms with van der Waals surface area (Å²) in [5.41, 5.74) is 7.39. The molecule has 7 aromatic carbocycles. The number of para-hydroxylation sites is 4. The van der Waals surface area contributed by atoms with E-state index in [1.54, 1.807) is 0 Å². The minimum absolute atomic E-state index is 1.21. The fourth-order valence-electron chi connectivity index (χ4n) is 7.72. The molecule has 0 bridgehead atoms. The lowest BCUT2D eigenvalue weighted by atomic mass is 10.1.